The van der Waals surface area contributed by atoms with E-state index < -0.39 is 9.84 Å². The lowest BCUT2D eigenvalue weighted by atomic mass is 10.0. The molecule has 42 heavy (non-hydrogen) atoms. The lowest BCUT2D eigenvalue weighted by molar-refractivity contribution is -0.115. The molecular weight excluding hydrogens is 550 g/mol. The summed E-state index contributed by atoms with van der Waals surface area (Å²) in [6, 6.07) is 20.9. The fraction of sp³-hybridized carbons (Fsp3) is 0.226. The topological polar surface area (TPSA) is 122 Å². The van der Waals surface area contributed by atoms with Gasteiger partial charge in [0.05, 0.1) is 23.2 Å². The second-order valence-electron chi connectivity index (χ2n) is 10.5. The number of amides is 1. The highest BCUT2D eigenvalue weighted by Crippen LogP contribution is 2.28. The van der Waals surface area contributed by atoms with Gasteiger partial charge in [0.1, 0.15) is 5.82 Å². The number of hydrogen-bond acceptors (Lipinski definition) is 8. The van der Waals surface area contributed by atoms with Crippen LogP contribution in [0.25, 0.3) is 11.0 Å². The first-order valence-electron chi connectivity index (χ1n) is 13.4. The van der Waals surface area contributed by atoms with Gasteiger partial charge in [0.25, 0.3) is 0 Å². The predicted molar refractivity (Wildman–Crippen MR) is 167 cm³/mol. The Morgan fingerprint density at radius 1 is 0.976 bits per heavy atom. The first kappa shape index (κ1) is 28.7. The standard InChI is InChI=1S/C31H33N7O3S/c1-20-6-7-21(2)23(16-20)17-29(39)36-31-34-26-18-25(12-13-27(26)38(31)4)37(3)28-14-15-32-30(35-28)33-24-10-8-22(9-11-24)19-42(5,40)41/h6-16,18H,17,19H2,1-5H3,(H,32,33,35)(H,34,36,39). The Kier molecular flexibility index (Phi) is 7.95. The summed E-state index contributed by atoms with van der Waals surface area (Å²) in [5.74, 6) is 1.43. The largest absolute Gasteiger partial charge is 0.329 e. The number of rotatable bonds is 9. The lowest BCUT2D eigenvalue weighted by Crippen LogP contribution is -2.17. The zero-order chi connectivity index (χ0) is 30.0. The molecule has 0 unspecified atom stereocenters. The van der Waals surface area contributed by atoms with E-state index in [0.717, 1.165) is 39.1 Å². The molecule has 2 N–H and O–H groups in total. The second-order valence-corrected chi connectivity index (χ2v) is 12.7. The molecule has 5 rings (SSSR count). The van der Waals surface area contributed by atoms with E-state index in [-0.39, 0.29) is 18.1 Å². The molecule has 0 bridgehead atoms. The van der Waals surface area contributed by atoms with Gasteiger partial charge in [-0.05, 0) is 66.9 Å². The number of anilines is 5. The monoisotopic (exact) mass is 583 g/mol. The highest BCUT2D eigenvalue weighted by molar-refractivity contribution is 7.89. The van der Waals surface area contributed by atoms with Crippen LogP contribution in [0.3, 0.4) is 0 Å². The van der Waals surface area contributed by atoms with Crippen molar-refractivity contribution in [3.8, 4) is 0 Å². The molecule has 0 saturated carbocycles. The van der Waals surface area contributed by atoms with E-state index in [1.165, 1.54) is 6.26 Å². The van der Waals surface area contributed by atoms with E-state index in [1.807, 2.05) is 79.9 Å². The molecule has 1 amide bonds. The molecule has 5 aromatic rings. The molecule has 0 radical (unpaired) electrons. The molecule has 0 spiro atoms. The van der Waals surface area contributed by atoms with Gasteiger partial charge in [-0.2, -0.15) is 4.98 Å². The highest BCUT2D eigenvalue weighted by Gasteiger charge is 2.15. The average Bonchev–Trinajstić information content (AvgIpc) is 3.24. The van der Waals surface area contributed by atoms with E-state index in [4.69, 9.17) is 4.98 Å². The third-order valence-electron chi connectivity index (χ3n) is 6.98. The molecule has 0 aliphatic carbocycles. The van der Waals surface area contributed by atoms with Crippen molar-refractivity contribution in [1.29, 1.82) is 0 Å². The summed E-state index contributed by atoms with van der Waals surface area (Å²) in [4.78, 5) is 28.4. The third kappa shape index (κ3) is 6.74. The fourth-order valence-electron chi connectivity index (χ4n) is 4.69. The van der Waals surface area contributed by atoms with Crippen LogP contribution in [0.2, 0.25) is 0 Å². The van der Waals surface area contributed by atoms with Crippen molar-refractivity contribution in [1.82, 2.24) is 19.5 Å². The Labute approximate surface area is 245 Å². The average molecular weight is 584 g/mol. The first-order chi connectivity index (χ1) is 19.9. The molecule has 0 saturated heterocycles. The second kappa shape index (κ2) is 11.6. The number of nitrogens with zero attached hydrogens (tertiary/aromatic N) is 5. The molecule has 0 fully saturated rings. The van der Waals surface area contributed by atoms with Crippen LogP contribution in [0.1, 0.15) is 22.3 Å². The van der Waals surface area contributed by atoms with E-state index in [9.17, 15) is 13.2 Å². The fourth-order valence-corrected chi connectivity index (χ4v) is 5.48. The number of fused-ring (bicyclic) bond motifs is 1. The number of hydrogen-bond donors (Lipinski definition) is 2. The summed E-state index contributed by atoms with van der Waals surface area (Å²) in [5, 5.41) is 6.13. The van der Waals surface area contributed by atoms with E-state index in [1.54, 1.807) is 30.5 Å². The molecule has 0 atom stereocenters. The summed E-state index contributed by atoms with van der Waals surface area (Å²) in [6.07, 6.45) is 3.16. The van der Waals surface area contributed by atoms with Gasteiger partial charge in [-0.1, -0.05) is 35.9 Å². The summed E-state index contributed by atoms with van der Waals surface area (Å²) in [5.41, 5.74) is 7.15. The number of sulfone groups is 1. The maximum absolute atomic E-state index is 12.9. The van der Waals surface area contributed by atoms with Crippen LogP contribution in [0, 0.1) is 13.8 Å². The molecule has 2 heterocycles. The van der Waals surface area contributed by atoms with Gasteiger partial charge in [-0.15, -0.1) is 0 Å². The minimum absolute atomic E-state index is 0.00829. The van der Waals surface area contributed by atoms with Gasteiger partial charge >= 0.3 is 0 Å². The van der Waals surface area contributed by atoms with Gasteiger partial charge in [0, 0.05) is 37.9 Å². The zero-order valence-electron chi connectivity index (χ0n) is 24.2. The van der Waals surface area contributed by atoms with Crippen molar-refractivity contribution in [2.24, 2.45) is 7.05 Å². The number of carbonyl (C=O) groups excluding carboxylic acids is 1. The van der Waals surface area contributed by atoms with Crippen LogP contribution in [0.5, 0.6) is 0 Å². The minimum Gasteiger partial charge on any atom is -0.329 e. The quantitative estimate of drug-likeness (QED) is 0.242. The number of imidazole rings is 1. The lowest BCUT2D eigenvalue weighted by Gasteiger charge is -2.19. The van der Waals surface area contributed by atoms with Gasteiger partial charge in [0.2, 0.25) is 17.8 Å². The molecule has 216 valence electrons. The molecular formula is C31H33N7O3S. The molecule has 10 nitrogen and oxygen atoms in total. The third-order valence-corrected chi connectivity index (χ3v) is 7.84. The zero-order valence-corrected chi connectivity index (χ0v) is 25.0. The van der Waals surface area contributed by atoms with Crippen LogP contribution >= 0.6 is 0 Å². The maximum atomic E-state index is 12.9. The minimum atomic E-state index is -3.10. The van der Waals surface area contributed by atoms with Crippen molar-refractivity contribution in [2.75, 3.05) is 28.8 Å². The normalized spacial score (nSPS) is 11.5. The van der Waals surface area contributed by atoms with Crippen molar-refractivity contribution < 1.29 is 13.2 Å². The number of aromatic nitrogens is 4. The Bertz CT molecular complexity index is 1880. The van der Waals surface area contributed by atoms with Crippen molar-refractivity contribution >= 4 is 55.9 Å². The van der Waals surface area contributed by atoms with Crippen molar-refractivity contribution in [2.45, 2.75) is 26.0 Å². The Hall–Kier alpha value is -4.77. The summed E-state index contributed by atoms with van der Waals surface area (Å²) < 4.78 is 25.0. The molecule has 0 aliphatic heterocycles. The van der Waals surface area contributed by atoms with Crippen LogP contribution in [0.4, 0.5) is 29.1 Å². The van der Waals surface area contributed by atoms with Gasteiger partial charge in [0.15, 0.2) is 9.84 Å². The summed E-state index contributed by atoms with van der Waals surface area (Å²) in [6.45, 7) is 4.02. The Balaban J connectivity index is 1.30. The first-order valence-corrected chi connectivity index (χ1v) is 15.4. The van der Waals surface area contributed by atoms with Gasteiger partial charge in [-0.3, -0.25) is 10.1 Å². The molecule has 11 heteroatoms. The van der Waals surface area contributed by atoms with Crippen LogP contribution in [-0.2, 0) is 33.9 Å². The van der Waals surface area contributed by atoms with E-state index in [2.05, 4.69) is 20.6 Å². The number of benzene rings is 3. The van der Waals surface area contributed by atoms with Gasteiger partial charge < -0.3 is 14.8 Å². The maximum Gasteiger partial charge on any atom is 0.231 e. The molecule has 2 aromatic heterocycles. The highest BCUT2D eigenvalue weighted by atomic mass is 32.2. The van der Waals surface area contributed by atoms with Crippen LogP contribution in [-0.4, -0.2) is 47.1 Å². The predicted octanol–water partition coefficient (Wildman–Crippen LogP) is 5.22. The van der Waals surface area contributed by atoms with E-state index in [0.29, 0.717) is 23.3 Å². The number of nitrogens with one attached hydrogen (secondary N) is 2. The smallest absolute Gasteiger partial charge is 0.231 e. The Morgan fingerprint density at radius 3 is 2.48 bits per heavy atom. The number of carbonyl (C=O) groups is 1. The summed E-state index contributed by atoms with van der Waals surface area (Å²) >= 11 is 0. The summed E-state index contributed by atoms with van der Waals surface area (Å²) in [7, 11) is 0.683. The van der Waals surface area contributed by atoms with Crippen LogP contribution in [0.15, 0.2) is 72.9 Å². The van der Waals surface area contributed by atoms with Crippen molar-refractivity contribution in [3.05, 3.63) is 95.2 Å². The van der Waals surface area contributed by atoms with Gasteiger partial charge in [-0.25, -0.2) is 18.4 Å². The SMILES string of the molecule is Cc1ccc(C)c(CC(=O)Nc2nc3cc(N(C)c4ccnc(Nc5ccc(CS(C)(=O)=O)cc5)n4)ccc3n2C)c1. The molecule has 3 aromatic carbocycles. The molecule has 0 aliphatic rings. The van der Waals surface area contributed by atoms with Crippen LogP contribution < -0.4 is 15.5 Å². The number of aryl methyl sites for hydroxylation is 3. The Morgan fingerprint density at radius 2 is 1.74 bits per heavy atom. The van der Waals surface area contributed by atoms with E-state index >= 15 is 0 Å². The van der Waals surface area contributed by atoms with Crippen molar-refractivity contribution in [3.63, 3.8) is 0 Å².